The number of aromatic nitrogens is 2. The topological polar surface area (TPSA) is 115 Å². The lowest BCUT2D eigenvalue weighted by Gasteiger charge is -2.28. The van der Waals surface area contributed by atoms with Gasteiger partial charge in [-0.2, -0.15) is 4.31 Å². The fourth-order valence-corrected chi connectivity index (χ4v) is 5.49. The van der Waals surface area contributed by atoms with E-state index in [9.17, 15) is 23.3 Å². The monoisotopic (exact) mass is 512 g/mol. The second kappa shape index (κ2) is 9.57. The van der Waals surface area contributed by atoms with Gasteiger partial charge in [0, 0.05) is 24.2 Å². The summed E-state index contributed by atoms with van der Waals surface area (Å²) in [5.74, 6) is 0.228. The van der Waals surface area contributed by atoms with Crippen LogP contribution in [-0.2, 0) is 10.0 Å². The minimum atomic E-state index is -4.08. The maximum Gasteiger partial charge on any atom is 0.269 e. The summed E-state index contributed by atoms with van der Waals surface area (Å²) in [6.45, 7) is 1.79. The van der Waals surface area contributed by atoms with Crippen LogP contribution in [0.5, 0.6) is 0 Å². The zero-order chi connectivity index (χ0) is 25.3. The summed E-state index contributed by atoms with van der Waals surface area (Å²) in [5.41, 5.74) is 0.317. The van der Waals surface area contributed by atoms with Crippen molar-refractivity contribution in [1.29, 1.82) is 0 Å². The minimum absolute atomic E-state index is 0.110. The van der Waals surface area contributed by atoms with Crippen molar-refractivity contribution in [1.82, 2.24) is 13.9 Å². The lowest BCUT2D eigenvalue weighted by Crippen LogP contribution is -2.36. The normalized spacial score (nSPS) is 12.7. The zero-order valence-electron chi connectivity index (χ0n) is 18.8. The lowest BCUT2D eigenvalue weighted by molar-refractivity contribution is -0.384. The van der Waals surface area contributed by atoms with E-state index in [2.05, 4.69) is 0 Å². The molecule has 0 N–H and O–H groups in total. The summed E-state index contributed by atoms with van der Waals surface area (Å²) in [5, 5.41) is 11.8. The van der Waals surface area contributed by atoms with Gasteiger partial charge in [-0.1, -0.05) is 36.7 Å². The van der Waals surface area contributed by atoms with Crippen molar-refractivity contribution in [3.63, 3.8) is 0 Å². The van der Waals surface area contributed by atoms with Crippen molar-refractivity contribution in [2.24, 2.45) is 0 Å². The summed E-state index contributed by atoms with van der Waals surface area (Å²) >= 11 is 6.19. The Morgan fingerprint density at radius 2 is 1.77 bits per heavy atom. The van der Waals surface area contributed by atoms with Crippen LogP contribution in [0.4, 0.5) is 5.69 Å². The van der Waals surface area contributed by atoms with E-state index in [1.807, 2.05) is 0 Å². The maximum absolute atomic E-state index is 13.6. The third-order valence-corrected chi connectivity index (χ3v) is 7.83. The Hall–Kier alpha value is -3.60. The van der Waals surface area contributed by atoms with Gasteiger partial charge >= 0.3 is 0 Å². The van der Waals surface area contributed by atoms with Crippen molar-refractivity contribution in [2.45, 2.75) is 24.3 Å². The molecular weight excluding hydrogens is 492 g/mol. The zero-order valence-corrected chi connectivity index (χ0v) is 20.4. The molecule has 0 aliphatic heterocycles. The molecule has 3 aromatic carbocycles. The number of hydrogen-bond donors (Lipinski definition) is 0. The van der Waals surface area contributed by atoms with Crippen LogP contribution in [0, 0.1) is 10.1 Å². The quantitative estimate of drug-likeness (QED) is 0.261. The van der Waals surface area contributed by atoms with Crippen molar-refractivity contribution in [3.05, 3.63) is 104 Å². The van der Waals surface area contributed by atoms with Gasteiger partial charge in [0.05, 0.1) is 32.5 Å². The first-order chi connectivity index (χ1) is 16.6. The Morgan fingerprint density at radius 1 is 1.09 bits per heavy atom. The van der Waals surface area contributed by atoms with Gasteiger partial charge in [-0.25, -0.2) is 13.4 Å². The van der Waals surface area contributed by atoms with E-state index in [1.54, 1.807) is 55.5 Å². The third kappa shape index (κ3) is 4.55. The summed E-state index contributed by atoms with van der Waals surface area (Å²) in [6.07, 6.45) is 0.300. The number of nitro groups is 1. The largest absolute Gasteiger partial charge is 0.269 e. The molecule has 0 amide bonds. The van der Waals surface area contributed by atoms with Gasteiger partial charge in [0.15, 0.2) is 0 Å². The van der Waals surface area contributed by atoms with Gasteiger partial charge in [0.25, 0.3) is 11.2 Å². The Balaban J connectivity index is 1.91. The number of non-ortho nitro benzene ring substituents is 1. The van der Waals surface area contributed by atoms with Crippen LogP contribution in [0.3, 0.4) is 0 Å². The van der Waals surface area contributed by atoms with Gasteiger partial charge in [-0.05, 0) is 48.9 Å². The molecule has 0 spiro atoms. The van der Waals surface area contributed by atoms with E-state index >= 15 is 0 Å². The van der Waals surface area contributed by atoms with Crippen molar-refractivity contribution in [2.75, 3.05) is 7.05 Å². The highest BCUT2D eigenvalue weighted by atomic mass is 35.5. The van der Waals surface area contributed by atoms with Crippen LogP contribution in [0.25, 0.3) is 16.6 Å². The molecule has 4 aromatic rings. The Morgan fingerprint density at radius 3 is 2.40 bits per heavy atom. The average Bonchev–Trinajstić information content (AvgIpc) is 2.84. The number of fused-ring (bicyclic) bond motifs is 1. The number of halogens is 1. The van der Waals surface area contributed by atoms with Crippen LogP contribution < -0.4 is 5.56 Å². The molecule has 1 heterocycles. The minimum Gasteiger partial charge on any atom is -0.268 e. The second-order valence-electron chi connectivity index (χ2n) is 7.80. The molecule has 11 heteroatoms. The Kier molecular flexibility index (Phi) is 6.70. The molecule has 180 valence electrons. The van der Waals surface area contributed by atoms with Gasteiger partial charge < -0.3 is 0 Å². The number of rotatable bonds is 7. The molecule has 0 saturated carbocycles. The molecule has 9 nitrogen and oxygen atoms in total. The molecular formula is C24H21ClN4O5S. The highest BCUT2D eigenvalue weighted by molar-refractivity contribution is 7.89. The van der Waals surface area contributed by atoms with Crippen molar-refractivity contribution in [3.8, 4) is 5.69 Å². The van der Waals surface area contributed by atoms with Gasteiger partial charge in [0.2, 0.25) is 10.0 Å². The first-order valence-corrected chi connectivity index (χ1v) is 12.5. The lowest BCUT2D eigenvalue weighted by atomic mass is 10.1. The van der Waals surface area contributed by atoms with Gasteiger partial charge in [0.1, 0.15) is 5.82 Å². The molecule has 0 fully saturated rings. The summed E-state index contributed by atoms with van der Waals surface area (Å²) in [7, 11) is -2.69. The first-order valence-electron chi connectivity index (χ1n) is 10.6. The van der Waals surface area contributed by atoms with E-state index in [0.29, 0.717) is 28.0 Å². The summed E-state index contributed by atoms with van der Waals surface area (Å²) < 4.78 is 29.4. The van der Waals surface area contributed by atoms with E-state index < -0.39 is 21.0 Å². The fraction of sp³-hybridized carbons (Fsp3) is 0.167. The highest BCUT2D eigenvalue weighted by Gasteiger charge is 2.32. The van der Waals surface area contributed by atoms with Crippen LogP contribution >= 0.6 is 11.6 Å². The third-order valence-electron chi connectivity index (χ3n) is 5.72. The van der Waals surface area contributed by atoms with Crippen molar-refractivity contribution < 1.29 is 13.3 Å². The predicted octanol–water partition coefficient (Wildman–Crippen LogP) is 4.72. The molecule has 1 unspecified atom stereocenters. The Labute approximate surface area is 206 Å². The SMILES string of the molecule is CCC(c1nc2ccccc2c(=O)n1-c1cccc(Cl)c1)N(C)S(=O)(=O)c1ccc([N+](=O)[O-])cc1. The van der Waals surface area contributed by atoms with E-state index in [4.69, 9.17) is 16.6 Å². The Bertz CT molecular complexity index is 1590. The van der Waals surface area contributed by atoms with E-state index in [1.165, 1.54) is 23.7 Å². The number of para-hydroxylation sites is 1. The molecule has 35 heavy (non-hydrogen) atoms. The number of nitrogens with zero attached hydrogens (tertiary/aromatic N) is 4. The van der Waals surface area contributed by atoms with Crippen LogP contribution in [0.15, 0.2) is 82.5 Å². The smallest absolute Gasteiger partial charge is 0.268 e. The summed E-state index contributed by atoms with van der Waals surface area (Å²) in [6, 6.07) is 17.3. The van der Waals surface area contributed by atoms with Crippen LogP contribution in [0.2, 0.25) is 5.02 Å². The molecule has 1 aromatic heterocycles. The molecule has 0 aliphatic carbocycles. The fourth-order valence-electron chi connectivity index (χ4n) is 3.91. The molecule has 0 radical (unpaired) electrons. The first kappa shape index (κ1) is 24.5. The molecule has 0 aliphatic rings. The number of nitro benzene ring substituents is 1. The molecule has 4 rings (SSSR count). The predicted molar refractivity (Wildman–Crippen MR) is 133 cm³/mol. The second-order valence-corrected chi connectivity index (χ2v) is 10.2. The highest BCUT2D eigenvalue weighted by Crippen LogP contribution is 2.30. The number of benzene rings is 3. The van der Waals surface area contributed by atoms with E-state index in [0.717, 1.165) is 16.4 Å². The van der Waals surface area contributed by atoms with Crippen LogP contribution in [-0.4, -0.2) is 34.2 Å². The van der Waals surface area contributed by atoms with Gasteiger partial charge in [-0.3, -0.25) is 19.5 Å². The van der Waals surface area contributed by atoms with Crippen LogP contribution in [0.1, 0.15) is 25.2 Å². The standard InChI is InChI=1S/C24H21ClN4O5S/c1-3-22(27(2)35(33,34)19-13-11-17(12-14-19)29(31)32)23-26-21-10-5-4-9-20(21)24(30)28(23)18-8-6-7-16(25)15-18/h4-15,22H,3H2,1-2H3. The van der Waals surface area contributed by atoms with Gasteiger partial charge in [-0.15, -0.1) is 0 Å². The molecule has 0 saturated heterocycles. The molecule has 0 bridgehead atoms. The van der Waals surface area contributed by atoms with Crippen molar-refractivity contribution >= 4 is 38.2 Å². The maximum atomic E-state index is 13.6. The average molecular weight is 513 g/mol. The summed E-state index contributed by atoms with van der Waals surface area (Å²) in [4.78, 5) is 28.5. The molecule has 1 atom stereocenters. The number of hydrogen-bond acceptors (Lipinski definition) is 6. The number of sulfonamides is 1. The van der Waals surface area contributed by atoms with E-state index in [-0.39, 0.29) is 22.0 Å².